The molecule has 1 unspecified atom stereocenters. The van der Waals surface area contributed by atoms with Gasteiger partial charge in [0.2, 0.25) is 11.8 Å². The van der Waals surface area contributed by atoms with Crippen molar-refractivity contribution >= 4 is 46.2 Å². The second-order valence-electron chi connectivity index (χ2n) is 10.0. The molecule has 9 heteroatoms. The third-order valence-corrected chi connectivity index (χ3v) is 7.15. The van der Waals surface area contributed by atoms with Crippen LogP contribution >= 0.6 is 11.6 Å². The van der Waals surface area contributed by atoms with E-state index in [1.54, 1.807) is 65.9 Å². The zero-order valence-electron chi connectivity index (χ0n) is 23.9. The van der Waals surface area contributed by atoms with Gasteiger partial charge in [-0.2, -0.15) is 0 Å². The van der Waals surface area contributed by atoms with E-state index in [4.69, 9.17) is 16.3 Å². The number of carbonyl (C=O) groups is 4. The molecule has 0 bridgehead atoms. The Bertz CT molecular complexity index is 1380. The van der Waals surface area contributed by atoms with E-state index in [0.717, 1.165) is 25.7 Å². The van der Waals surface area contributed by atoms with Gasteiger partial charge in [0.25, 0.3) is 5.91 Å². The Morgan fingerprint density at radius 1 is 1.02 bits per heavy atom. The highest BCUT2D eigenvalue weighted by Gasteiger charge is 2.26. The van der Waals surface area contributed by atoms with Crippen LogP contribution in [-0.2, 0) is 20.8 Å². The van der Waals surface area contributed by atoms with Gasteiger partial charge in [-0.1, -0.05) is 44.7 Å². The summed E-state index contributed by atoms with van der Waals surface area (Å²) in [7, 11) is 1.76. The van der Waals surface area contributed by atoms with Gasteiger partial charge >= 0.3 is 5.97 Å². The lowest BCUT2D eigenvalue weighted by atomic mass is 10.0. The molecule has 8 nitrogen and oxygen atoms in total. The standard InChI is InChI=1S/C31H38ClN3O5/c1-6-8-10-27(31(39)34(5)17-9-7-2)33-29(37)19-25-20(3)35(30(38)22-11-13-23(32)14-12-22)28-16-15-24(18-26(25)28)40-21(4)36/h11-16,18,27H,6-10,17,19H2,1-5H3,(H,33,37). The number of fused-ring (bicyclic) bond motifs is 1. The number of benzene rings is 2. The number of likely N-dealkylation sites (N-methyl/N-ethyl adjacent to an activating group) is 1. The number of ether oxygens (including phenoxy) is 1. The van der Waals surface area contributed by atoms with E-state index in [2.05, 4.69) is 12.2 Å². The highest BCUT2D eigenvalue weighted by atomic mass is 35.5. The summed E-state index contributed by atoms with van der Waals surface area (Å²) in [5, 5.41) is 4.08. The lowest BCUT2D eigenvalue weighted by molar-refractivity contribution is -0.135. The van der Waals surface area contributed by atoms with Gasteiger partial charge in [-0.3, -0.25) is 23.7 Å². The maximum atomic E-state index is 13.6. The molecule has 3 rings (SSSR count). The molecule has 2 amide bonds. The Morgan fingerprint density at radius 3 is 2.33 bits per heavy atom. The predicted molar refractivity (Wildman–Crippen MR) is 157 cm³/mol. The summed E-state index contributed by atoms with van der Waals surface area (Å²) in [5.41, 5.74) is 2.21. The van der Waals surface area contributed by atoms with Gasteiger partial charge in [0.05, 0.1) is 11.9 Å². The third kappa shape index (κ3) is 7.50. The van der Waals surface area contributed by atoms with Crippen LogP contribution in [-0.4, -0.2) is 52.8 Å². The molecule has 0 saturated carbocycles. The van der Waals surface area contributed by atoms with Gasteiger partial charge in [0.1, 0.15) is 11.8 Å². The first-order chi connectivity index (χ1) is 19.1. The average Bonchev–Trinajstić information content (AvgIpc) is 3.19. The summed E-state index contributed by atoms with van der Waals surface area (Å²) in [4.78, 5) is 53.4. The lowest BCUT2D eigenvalue weighted by Gasteiger charge is -2.24. The Morgan fingerprint density at radius 2 is 1.70 bits per heavy atom. The number of hydrogen-bond donors (Lipinski definition) is 1. The van der Waals surface area contributed by atoms with Crippen LogP contribution in [0.3, 0.4) is 0 Å². The predicted octanol–water partition coefficient (Wildman–Crippen LogP) is 5.69. The number of aromatic nitrogens is 1. The van der Waals surface area contributed by atoms with Crippen molar-refractivity contribution in [1.29, 1.82) is 0 Å². The van der Waals surface area contributed by atoms with E-state index in [9.17, 15) is 19.2 Å². The maximum absolute atomic E-state index is 13.6. The van der Waals surface area contributed by atoms with Crippen molar-refractivity contribution in [3.8, 4) is 5.75 Å². The summed E-state index contributed by atoms with van der Waals surface area (Å²) in [6.07, 6.45) is 4.05. The van der Waals surface area contributed by atoms with Gasteiger partial charge < -0.3 is 15.0 Å². The SMILES string of the molecule is CCCCC(NC(=O)Cc1c(C)n(C(=O)c2ccc(Cl)cc2)c2ccc(OC(C)=O)cc12)C(=O)N(C)CCCC. The van der Waals surface area contributed by atoms with Crippen LogP contribution in [0.2, 0.25) is 5.02 Å². The summed E-state index contributed by atoms with van der Waals surface area (Å²) >= 11 is 6.02. The molecule has 214 valence electrons. The summed E-state index contributed by atoms with van der Waals surface area (Å²) < 4.78 is 6.84. The van der Waals surface area contributed by atoms with Crippen molar-refractivity contribution < 1.29 is 23.9 Å². The minimum absolute atomic E-state index is 0.0542. The number of esters is 1. The first-order valence-electron chi connectivity index (χ1n) is 13.7. The van der Waals surface area contributed by atoms with Crippen molar-refractivity contribution in [2.24, 2.45) is 0 Å². The average molecular weight is 568 g/mol. The van der Waals surface area contributed by atoms with Crippen LogP contribution in [0.25, 0.3) is 10.9 Å². The molecular weight excluding hydrogens is 530 g/mol. The quantitative estimate of drug-likeness (QED) is 0.224. The monoisotopic (exact) mass is 567 g/mol. The minimum Gasteiger partial charge on any atom is -0.427 e. The lowest BCUT2D eigenvalue weighted by Crippen LogP contribution is -2.48. The Kier molecular flexibility index (Phi) is 10.9. The van der Waals surface area contributed by atoms with Crippen LogP contribution in [0, 0.1) is 6.92 Å². The normalized spacial score (nSPS) is 11.8. The first-order valence-corrected chi connectivity index (χ1v) is 14.1. The van der Waals surface area contributed by atoms with Crippen LogP contribution in [0.5, 0.6) is 5.75 Å². The fourth-order valence-corrected chi connectivity index (χ4v) is 4.87. The maximum Gasteiger partial charge on any atom is 0.308 e. The fourth-order valence-electron chi connectivity index (χ4n) is 4.74. The second kappa shape index (κ2) is 14.1. The molecule has 2 aromatic carbocycles. The van der Waals surface area contributed by atoms with Crippen LogP contribution < -0.4 is 10.1 Å². The number of amides is 2. The fraction of sp³-hybridized carbons (Fsp3) is 0.419. The number of rotatable bonds is 12. The number of halogens is 1. The van der Waals surface area contributed by atoms with E-state index >= 15 is 0 Å². The van der Waals surface area contributed by atoms with Gasteiger partial charge in [0.15, 0.2) is 0 Å². The highest BCUT2D eigenvalue weighted by molar-refractivity contribution is 6.30. The molecule has 0 aliphatic heterocycles. The molecule has 0 spiro atoms. The molecule has 3 aromatic rings. The van der Waals surface area contributed by atoms with Crippen LogP contribution in [0.15, 0.2) is 42.5 Å². The minimum atomic E-state index is -0.629. The molecule has 0 saturated heterocycles. The van der Waals surface area contributed by atoms with E-state index in [-0.39, 0.29) is 24.1 Å². The van der Waals surface area contributed by atoms with Crippen molar-refractivity contribution in [3.63, 3.8) is 0 Å². The van der Waals surface area contributed by atoms with E-state index in [1.807, 2.05) is 6.92 Å². The van der Waals surface area contributed by atoms with Gasteiger partial charge in [-0.15, -0.1) is 0 Å². The van der Waals surface area contributed by atoms with Gasteiger partial charge in [-0.05, 0) is 67.8 Å². The smallest absolute Gasteiger partial charge is 0.308 e. The molecule has 1 N–H and O–H groups in total. The summed E-state index contributed by atoms with van der Waals surface area (Å²) in [6, 6.07) is 10.9. The van der Waals surface area contributed by atoms with E-state index in [1.165, 1.54) is 6.92 Å². The number of nitrogens with zero attached hydrogens (tertiary/aromatic N) is 2. The second-order valence-corrected chi connectivity index (χ2v) is 10.5. The highest BCUT2D eigenvalue weighted by Crippen LogP contribution is 2.31. The van der Waals surface area contributed by atoms with Crippen molar-refractivity contribution in [3.05, 3.63) is 64.3 Å². The summed E-state index contributed by atoms with van der Waals surface area (Å²) in [6.45, 7) is 7.83. The van der Waals surface area contributed by atoms with Crippen LogP contribution in [0.1, 0.15) is 74.5 Å². The molecule has 1 atom stereocenters. The molecule has 40 heavy (non-hydrogen) atoms. The number of carbonyl (C=O) groups excluding carboxylic acids is 4. The molecule has 0 fully saturated rings. The van der Waals surface area contributed by atoms with Gasteiger partial charge in [0, 0.05) is 42.2 Å². The third-order valence-electron chi connectivity index (χ3n) is 6.90. The molecular formula is C31H38ClN3O5. The van der Waals surface area contributed by atoms with Crippen LogP contribution in [0.4, 0.5) is 0 Å². The van der Waals surface area contributed by atoms with Crippen molar-refractivity contribution in [1.82, 2.24) is 14.8 Å². The number of nitrogens with one attached hydrogen (secondary N) is 1. The van der Waals surface area contributed by atoms with Crippen molar-refractivity contribution in [2.75, 3.05) is 13.6 Å². The largest absolute Gasteiger partial charge is 0.427 e. The Labute approximate surface area is 240 Å². The molecule has 0 radical (unpaired) electrons. The zero-order chi connectivity index (χ0) is 29.4. The molecule has 0 aliphatic rings. The van der Waals surface area contributed by atoms with Gasteiger partial charge in [-0.25, -0.2) is 0 Å². The van der Waals surface area contributed by atoms with E-state index in [0.29, 0.717) is 51.5 Å². The topological polar surface area (TPSA) is 97.7 Å². The molecule has 1 heterocycles. The summed E-state index contributed by atoms with van der Waals surface area (Å²) in [5.74, 6) is -0.871. The number of hydrogen-bond acceptors (Lipinski definition) is 5. The Hall–Kier alpha value is -3.65. The molecule has 0 aliphatic carbocycles. The molecule has 1 aromatic heterocycles. The van der Waals surface area contributed by atoms with E-state index < -0.39 is 12.0 Å². The zero-order valence-corrected chi connectivity index (χ0v) is 24.6. The van der Waals surface area contributed by atoms with Crippen molar-refractivity contribution in [2.45, 2.75) is 72.3 Å². The first kappa shape index (κ1) is 30.9. The Balaban J connectivity index is 1.99. The number of unbranched alkanes of at least 4 members (excludes halogenated alkanes) is 2.